The highest BCUT2D eigenvalue weighted by molar-refractivity contribution is 5.90. The molecule has 1 fully saturated rings. The number of carbonyl (C=O) groups excluding carboxylic acids is 2. The predicted molar refractivity (Wildman–Crippen MR) is 72.9 cm³/mol. The number of carbonyl (C=O) groups is 2. The lowest BCUT2D eigenvalue weighted by molar-refractivity contribution is -0.209. The zero-order valence-corrected chi connectivity index (χ0v) is 12.3. The highest BCUT2D eigenvalue weighted by Crippen LogP contribution is 2.21. The number of aliphatic hydroxyl groups is 1. The van der Waals surface area contributed by atoms with Crippen molar-refractivity contribution >= 4 is 11.8 Å². The Kier molecular flexibility index (Phi) is 6.36. The lowest BCUT2D eigenvalue weighted by Crippen LogP contribution is -2.53. The van der Waals surface area contributed by atoms with Crippen molar-refractivity contribution < 1.29 is 27.9 Å². The van der Waals surface area contributed by atoms with Crippen LogP contribution in [0.1, 0.15) is 0 Å². The summed E-state index contributed by atoms with van der Waals surface area (Å²) in [6.45, 7) is 3.74. The normalized spacial score (nSPS) is 18.0. The number of hydrogen-bond acceptors (Lipinski definition) is 4. The molecule has 2 amide bonds. The fourth-order valence-corrected chi connectivity index (χ4v) is 2.06. The van der Waals surface area contributed by atoms with Crippen molar-refractivity contribution in [3.63, 3.8) is 0 Å². The Labute approximate surface area is 126 Å². The standard InChI is InChI=1S/C13H20F3N3O3/c1-3-11(21)17(2)9-12(22)19-6-4-18(5-7-19)8-10(20)13(14,15)16/h3,10,20H,1,4-9H2,2H3. The fraction of sp³-hybridized carbons (Fsp3) is 0.692. The first-order valence-electron chi connectivity index (χ1n) is 6.77. The minimum atomic E-state index is -4.64. The number of rotatable bonds is 5. The van der Waals surface area contributed by atoms with Gasteiger partial charge in [-0.15, -0.1) is 0 Å². The summed E-state index contributed by atoms with van der Waals surface area (Å²) >= 11 is 0. The van der Waals surface area contributed by atoms with Gasteiger partial charge in [-0.25, -0.2) is 0 Å². The summed E-state index contributed by atoms with van der Waals surface area (Å²) in [4.78, 5) is 27.4. The second-order valence-corrected chi connectivity index (χ2v) is 5.14. The number of aliphatic hydroxyl groups excluding tert-OH is 1. The lowest BCUT2D eigenvalue weighted by atomic mass is 10.2. The van der Waals surface area contributed by atoms with Crippen LogP contribution in [0.2, 0.25) is 0 Å². The van der Waals surface area contributed by atoms with E-state index in [0.717, 1.165) is 6.08 Å². The van der Waals surface area contributed by atoms with Gasteiger partial charge in [-0.05, 0) is 6.08 Å². The van der Waals surface area contributed by atoms with E-state index in [2.05, 4.69) is 6.58 Å². The Morgan fingerprint density at radius 1 is 1.32 bits per heavy atom. The average molecular weight is 323 g/mol. The Balaban J connectivity index is 2.40. The van der Waals surface area contributed by atoms with E-state index in [9.17, 15) is 22.8 Å². The number of piperazine rings is 1. The lowest BCUT2D eigenvalue weighted by Gasteiger charge is -2.36. The Morgan fingerprint density at radius 3 is 2.32 bits per heavy atom. The van der Waals surface area contributed by atoms with Crippen molar-refractivity contribution in [2.75, 3.05) is 46.3 Å². The van der Waals surface area contributed by atoms with Crippen LogP contribution in [0.3, 0.4) is 0 Å². The van der Waals surface area contributed by atoms with Crippen LogP contribution in [0, 0.1) is 0 Å². The molecule has 0 aromatic rings. The average Bonchev–Trinajstić information content (AvgIpc) is 2.45. The molecule has 0 radical (unpaired) electrons. The summed E-state index contributed by atoms with van der Waals surface area (Å²) in [5.41, 5.74) is 0. The number of hydrogen-bond donors (Lipinski definition) is 1. The Bertz CT molecular complexity index is 420. The van der Waals surface area contributed by atoms with E-state index in [1.165, 1.54) is 21.7 Å². The summed E-state index contributed by atoms with van der Waals surface area (Å²) in [6.07, 6.45) is -5.92. The zero-order chi connectivity index (χ0) is 16.9. The molecule has 1 aliphatic heterocycles. The maximum atomic E-state index is 12.3. The van der Waals surface area contributed by atoms with Crippen molar-refractivity contribution in [2.45, 2.75) is 12.3 Å². The SMILES string of the molecule is C=CC(=O)N(C)CC(=O)N1CCN(CC(O)C(F)(F)F)CC1. The topological polar surface area (TPSA) is 64.1 Å². The van der Waals surface area contributed by atoms with Gasteiger partial charge >= 0.3 is 6.18 Å². The summed E-state index contributed by atoms with van der Waals surface area (Å²) in [7, 11) is 1.47. The molecule has 126 valence electrons. The molecule has 1 saturated heterocycles. The van der Waals surface area contributed by atoms with Gasteiger partial charge in [-0.2, -0.15) is 13.2 Å². The van der Waals surface area contributed by atoms with Gasteiger partial charge in [-0.3, -0.25) is 14.5 Å². The van der Waals surface area contributed by atoms with E-state index < -0.39 is 18.8 Å². The monoisotopic (exact) mass is 323 g/mol. The van der Waals surface area contributed by atoms with Crippen LogP contribution in [0.25, 0.3) is 0 Å². The maximum absolute atomic E-state index is 12.3. The number of amides is 2. The number of nitrogens with zero attached hydrogens (tertiary/aromatic N) is 3. The van der Waals surface area contributed by atoms with Crippen LogP contribution in [0.15, 0.2) is 12.7 Å². The summed E-state index contributed by atoms with van der Waals surface area (Å²) in [5.74, 6) is -0.644. The fourth-order valence-electron chi connectivity index (χ4n) is 2.06. The largest absolute Gasteiger partial charge is 0.415 e. The number of halogens is 3. The van der Waals surface area contributed by atoms with Crippen molar-refractivity contribution in [3.05, 3.63) is 12.7 Å². The van der Waals surface area contributed by atoms with Gasteiger partial charge in [-0.1, -0.05) is 6.58 Å². The van der Waals surface area contributed by atoms with Crippen LogP contribution in [-0.2, 0) is 9.59 Å². The first-order valence-corrected chi connectivity index (χ1v) is 6.77. The van der Waals surface area contributed by atoms with E-state index in [4.69, 9.17) is 5.11 Å². The van der Waals surface area contributed by atoms with E-state index >= 15 is 0 Å². The maximum Gasteiger partial charge on any atom is 0.415 e. The van der Waals surface area contributed by atoms with Crippen molar-refractivity contribution in [2.24, 2.45) is 0 Å². The van der Waals surface area contributed by atoms with Crippen LogP contribution < -0.4 is 0 Å². The van der Waals surface area contributed by atoms with E-state index in [1.807, 2.05) is 0 Å². The predicted octanol–water partition coefficient (Wildman–Crippen LogP) is -0.302. The molecule has 0 aromatic carbocycles. The number of alkyl halides is 3. The molecule has 1 heterocycles. The van der Waals surface area contributed by atoms with Crippen LogP contribution in [0.5, 0.6) is 0 Å². The third-order valence-corrected chi connectivity index (χ3v) is 3.46. The van der Waals surface area contributed by atoms with Crippen molar-refractivity contribution in [1.82, 2.24) is 14.7 Å². The molecular weight excluding hydrogens is 303 g/mol. The van der Waals surface area contributed by atoms with Gasteiger partial charge < -0.3 is 14.9 Å². The first kappa shape index (κ1) is 18.4. The molecule has 1 atom stereocenters. The van der Waals surface area contributed by atoms with Gasteiger partial charge in [0.05, 0.1) is 6.54 Å². The van der Waals surface area contributed by atoms with Crippen molar-refractivity contribution in [3.8, 4) is 0 Å². The van der Waals surface area contributed by atoms with Crippen LogP contribution in [0.4, 0.5) is 13.2 Å². The molecule has 1 N–H and O–H groups in total. The molecule has 0 bridgehead atoms. The van der Waals surface area contributed by atoms with Gasteiger partial charge in [0, 0.05) is 39.8 Å². The summed E-state index contributed by atoms with van der Waals surface area (Å²) < 4.78 is 36.8. The molecule has 0 aliphatic carbocycles. The molecule has 0 aromatic heterocycles. The van der Waals surface area contributed by atoms with Crippen LogP contribution >= 0.6 is 0 Å². The Hall–Kier alpha value is -1.61. The second-order valence-electron chi connectivity index (χ2n) is 5.14. The van der Waals surface area contributed by atoms with Gasteiger partial charge in [0.25, 0.3) is 0 Å². The minimum Gasteiger partial charge on any atom is -0.382 e. The van der Waals surface area contributed by atoms with E-state index in [0.29, 0.717) is 0 Å². The van der Waals surface area contributed by atoms with Crippen molar-refractivity contribution in [1.29, 1.82) is 0 Å². The van der Waals surface area contributed by atoms with Gasteiger partial charge in [0.2, 0.25) is 11.8 Å². The third kappa shape index (κ3) is 5.30. The van der Waals surface area contributed by atoms with Crippen LogP contribution in [-0.4, -0.2) is 90.2 Å². The van der Waals surface area contributed by atoms with Gasteiger partial charge in [0.1, 0.15) is 0 Å². The number of β-amino-alcohol motifs (C(OH)–C–C–N with tert-alkyl or cyclic N) is 1. The molecule has 1 rings (SSSR count). The summed E-state index contributed by atoms with van der Waals surface area (Å²) in [6, 6.07) is 0. The highest BCUT2D eigenvalue weighted by atomic mass is 19.4. The number of likely N-dealkylation sites (N-methyl/N-ethyl adjacent to an activating group) is 1. The molecule has 6 nitrogen and oxygen atoms in total. The molecule has 0 spiro atoms. The molecule has 1 unspecified atom stereocenters. The Morgan fingerprint density at radius 2 is 1.86 bits per heavy atom. The molecule has 22 heavy (non-hydrogen) atoms. The molecular formula is C13H20F3N3O3. The summed E-state index contributed by atoms with van der Waals surface area (Å²) in [5, 5.41) is 9.02. The molecule has 9 heteroatoms. The zero-order valence-electron chi connectivity index (χ0n) is 12.3. The quantitative estimate of drug-likeness (QED) is 0.706. The minimum absolute atomic E-state index is 0.101. The van der Waals surface area contributed by atoms with Gasteiger partial charge in [0.15, 0.2) is 6.10 Å². The third-order valence-electron chi connectivity index (χ3n) is 3.46. The van der Waals surface area contributed by atoms with E-state index in [1.54, 1.807) is 0 Å². The second kappa shape index (κ2) is 7.59. The highest BCUT2D eigenvalue weighted by Gasteiger charge is 2.39. The first-order chi connectivity index (χ1) is 10.1. The van der Waals surface area contributed by atoms with E-state index in [-0.39, 0.29) is 44.5 Å². The smallest absolute Gasteiger partial charge is 0.382 e. The molecule has 0 saturated carbocycles. The molecule has 1 aliphatic rings.